The molecular weight excluding hydrogens is 286 g/mol. The standard InChI is InChI=1S/C14H19N5OS/c1-4-18(5-2)13(20)10(3)19-12(16-17-14(19)21)11-6-8-15-9-7-11/h6-10H,4-5H2,1-3H3,(H,17,21). The molecule has 2 aromatic rings. The summed E-state index contributed by atoms with van der Waals surface area (Å²) >= 11 is 5.29. The molecule has 112 valence electrons. The average Bonchev–Trinajstić information content (AvgIpc) is 2.90. The lowest BCUT2D eigenvalue weighted by atomic mass is 10.2. The lowest BCUT2D eigenvalue weighted by molar-refractivity contribution is -0.133. The maximum absolute atomic E-state index is 12.5. The largest absolute Gasteiger partial charge is 0.341 e. The van der Waals surface area contributed by atoms with Crippen LogP contribution in [-0.2, 0) is 4.79 Å². The third kappa shape index (κ3) is 3.02. The lowest BCUT2D eigenvalue weighted by Crippen LogP contribution is -2.36. The van der Waals surface area contributed by atoms with Crippen LogP contribution >= 0.6 is 12.2 Å². The molecule has 0 aliphatic carbocycles. The van der Waals surface area contributed by atoms with E-state index in [1.165, 1.54) is 0 Å². The van der Waals surface area contributed by atoms with Gasteiger partial charge in [0, 0.05) is 31.0 Å². The lowest BCUT2D eigenvalue weighted by Gasteiger charge is -2.24. The summed E-state index contributed by atoms with van der Waals surface area (Å²) in [6.45, 7) is 7.13. The summed E-state index contributed by atoms with van der Waals surface area (Å²) in [6.07, 6.45) is 3.38. The van der Waals surface area contributed by atoms with Crippen molar-refractivity contribution < 1.29 is 4.79 Å². The third-order valence-electron chi connectivity index (χ3n) is 3.46. The van der Waals surface area contributed by atoms with Gasteiger partial charge in [-0.1, -0.05) is 0 Å². The molecule has 0 saturated heterocycles. The Morgan fingerprint density at radius 3 is 2.57 bits per heavy atom. The molecule has 0 aliphatic rings. The first-order valence-electron chi connectivity index (χ1n) is 6.96. The molecule has 7 heteroatoms. The fourth-order valence-corrected chi connectivity index (χ4v) is 2.57. The molecule has 1 N–H and O–H groups in total. The molecule has 6 nitrogen and oxygen atoms in total. The number of rotatable bonds is 5. The SMILES string of the molecule is CCN(CC)C(=O)C(C)n1c(-c2ccncc2)n[nH]c1=S. The molecule has 0 saturated carbocycles. The zero-order valence-corrected chi connectivity index (χ0v) is 13.2. The molecular formula is C14H19N5OS. The van der Waals surface area contributed by atoms with Crippen LogP contribution in [0.4, 0.5) is 0 Å². The van der Waals surface area contributed by atoms with Crippen molar-refractivity contribution in [1.29, 1.82) is 0 Å². The van der Waals surface area contributed by atoms with E-state index in [1.54, 1.807) is 21.9 Å². The number of carbonyl (C=O) groups is 1. The van der Waals surface area contributed by atoms with Gasteiger partial charge in [0.05, 0.1) is 0 Å². The minimum Gasteiger partial charge on any atom is -0.341 e. The van der Waals surface area contributed by atoms with Crippen LogP contribution in [0.2, 0.25) is 0 Å². The second-order valence-electron chi connectivity index (χ2n) is 4.64. The van der Waals surface area contributed by atoms with Crippen molar-refractivity contribution >= 4 is 18.1 Å². The normalized spacial score (nSPS) is 12.1. The average molecular weight is 305 g/mol. The highest BCUT2D eigenvalue weighted by Crippen LogP contribution is 2.21. The number of pyridine rings is 1. The fraction of sp³-hybridized carbons (Fsp3) is 0.429. The van der Waals surface area contributed by atoms with Gasteiger partial charge in [-0.3, -0.25) is 19.4 Å². The number of aromatic nitrogens is 4. The van der Waals surface area contributed by atoms with Gasteiger partial charge in [-0.2, -0.15) is 5.10 Å². The quantitative estimate of drug-likeness (QED) is 0.862. The van der Waals surface area contributed by atoms with Crippen LogP contribution in [0.5, 0.6) is 0 Å². The maximum atomic E-state index is 12.5. The molecule has 1 atom stereocenters. The Morgan fingerprint density at radius 2 is 2.00 bits per heavy atom. The smallest absolute Gasteiger partial charge is 0.245 e. The van der Waals surface area contributed by atoms with Crippen LogP contribution in [0.3, 0.4) is 0 Å². The van der Waals surface area contributed by atoms with Gasteiger partial charge in [0.2, 0.25) is 5.91 Å². The molecule has 1 unspecified atom stereocenters. The van der Waals surface area contributed by atoms with Gasteiger partial charge in [0.25, 0.3) is 0 Å². The van der Waals surface area contributed by atoms with Crippen molar-refractivity contribution in [3.63, 3.8) is 0 Å². The predicted molar refractivity (Wildman–Crippen MR) is 83.3 cm³/mol. The Balaban J connectivity index is 2.43. The highest BCUT2D eigenvalue weighted by Gasteiger charge is 2.23. The number of likely N-dealkylation sites (N-methyl/N-ethyl adjacent to an activating group) is 1. The minimum absolute atomic E-state index is 0.0350. The van der Waals surface area contributed by atoms with E-state index >= 15 is 0 Å². The van der Waals surface area contributed by atoms with E-state index in [1.807, 2.05) is 32.9 Å². The first-order chi connectivity index (χ1) is 10.1. The first-order valence-corrected chi connectivity index (χ1v) is 7.37. The second-order valence-corrected chi connectivity index (χ2v) is 5.03. The molecule has 2 aromatic heterocycles. The molecule has 0 spiro atoms. The molecule has 2 rings (SSSR count). The number of carbonyl (C=O) groups excluding carboxylic acids is 1. The van der Waals surface area contributed by atoms with E-state index in [2.05, 4.69) is 15.2 Å². The minimum atomic E-state index is -0.403. The van der Waals surface area contributed by atoms with E-state index in [9.17, 15) is 4.79 Å². The molecule has 1 amide bonds. The van der Waals surface area contributed by atoms with Crippen molar-refractivity contribution in [1.82, 2.24) is 24.6 Å². The summed E-state index contributed by atoms with van der Waals surface area (Å²) in [7, 11) is 0. The van der Waals surface area contributed by atoms with Crippen LogP contribution < -0.4 is 0 Å². The Hall–Kier alpha value is -2.02. The number of hydrogen-bond donors (Lipinski definition) is 1. The van der Waals surface area contributed by atoms with Gasteiger partial charge in [-0.05, 0) is 45.1 Å². The number of nitrogens with zero attached hydrogens (tertiary/aromatic N) is 4. The molecule has 0 fully saturated rings. The van der Waals surface area contributed by atoms with E-state index in [-0.39, 0.29) is 5.91 Å². The Morgan fingerprint density at radius 1 is 1.38 bits per heavy atom. The van der Waals surface area contributed by atoms with Gasteiger partial charge in [-0.25, -0.2) is 0 Å². The number of hydrogen-bond acceptors (Lipinski definition) is 4. The zero-order chi connectivity index (χ0) is 15.4. The van der Waals surface area contributed by atoms with Gasteiger partial charge in [-0.15, -0.1) is 0 Å². The van der Waals surface area contributed by atoms with Gasteiger partial charge < -0.3 is 4.90 Å². The second kappa shape index (κ2) is 6.62. The number of H-pyrrole nitrogens is 1. The van der Waals surface area contributed by atoms with Crippen molar-refractivity contribution in [3.8, 4) is 11.4 Å². The Bertz CT molecular complexity index is 660. The highest BCUT2D eigenvalue weighted by atomic mass is 32.1. The van der Waals surface area contributed by atoms with Crippen molar-refractivity contribution in [2.45, 2.75) is 26.8 Å². The maximum Gasteiger partial charge on any atom is 0.245 e. The van der Waals surface area contributed by atoms with E-state index in [0.717, 1.165) is 5.56 Å². The monoisotopic (exact) mass is 305 g/mol. The third-order valence-corrected chi connectivity index (χ3v) is 3.75. The van der Waals surface area contributed by atoms with Crippen LogP contribution in [0.1, 0.15) is 26.8 Å². The highest BCUT2D eigenvalue weighted by molar-refractivity contribution is 7.71. The fourth-order valence-electron chi connectivity index (χ4n) is 2.28. The van der Waals surface area contributed by atoms with Gasteiger partial charge >= 0.3 is 0 Å². The Labute approximate surface area is 128 Å². The van der Waals surface area contributed by atoms with Crippen molar-refractivity contribution in [3.05, 3.63) is 29.3 Å². The molecule has 0 radical (unpaired) electrons. The van der Waals surface area contributed by atoms with Gasteiger partial charge in [0.1, 0.15) is 6.04 Å². The van der Waals surface area contributed by atoms with E-state index in [4.69, 9.17) is 12.2 Å². The van der Waals surface area contributed by atoms with Crippen LogP contribution in [0.15, 0.2) is 24.5 Å². The van der Waals surface area contributed by atoms with Crippen LogP contribution in [-0.4, -0.2) is 43.6 Å². The van der Waals surface area contributed by atoms with Crippen molar-refractivity contribution in [2.24, 2.45) is 0 Å². The van der Waals surface area contributed by atoms with E-state index in [0.29, 0.717) is 23.7 Å². The summed E-state index contributed by atoms with van der Waals surface area (Å²) in [5, 5.41) is 7.02. The summed E-state index contributed by atoms with van der Waals surface area (Å²) in [4.78, 5) is 18.3. The molecule has 0 bridgehead atoms. The topological polar surface area (TPSA) is 66.8 Å². The zero-order valence-electron chi connectivity index (χ0n) is 12.4. The summed E-state index contributed by atoms with van der Waals surface area (Å²) < 4.78 is 2.19. The first kappa shape index (κ1) is 15.4. The van der Waals surface area contributed by atoms with E-state index < -0.39 is 6.04 Å². The summed E-state index contributed by atoms with van der Waals surface area (Å²) in [6, 6.07) is 3.28. The summed E-state index contributed by atoms with van der Waals surface area (Å²) in [5.74, 6) is 0.684. The molecule has 2 heterocycles. The molecule has 21 heavy (non-hydrogen) atoms. The Kier molecular flexibility index (Phi) is 4.85. The summed E-state index contributed by atoms with van der Waals surface area (Å²) in [5.41, 5.74) is 0.872. The molecule has 0 aromatic carbocycles. The number of nitrogens with one attached hydrogen (secondary N) is 1. The van der Waals surface area contributed by atoms with Crippen LogP contribution in [0.25, 0.3) is 11.4 Å². The number of amides is 1. The predicted octanol–water partition coefficient (Wildman–Crippen LogP) is 2.43. The van der Waals surface area contributed by atoms with Crippen molar-refractivity contribution in [2.75, 3.05) is 13.1 Å². The van der Waals surface area contributed by atoms with Crippen LogP contribution in [0, 0.1) is 4.77 Å². The number of aromatic amines is 1. The molecule has 0 aliphatic heterocycles. The van der Waals surface area contributed by atoms with Gasteiger partial charge in [0.15, 0.2) is 10.6 Å².